The van der Waals surface area contributed by atoms with Crippen LogP contribution in [0.1, 0.15) is 22.8 Å². The fourth-order valence-corrected chi connectivity index (χ4v) is 2.05. The van der Waals surface area contributed by atoms with Crippen molar-refractivity contribution < 1.29 is 5.11 Å². The summed E-state index contributed by atoms with van der Waals surface area (Å²) >= 11 is 5.72. The van der Waals surface area contributed by atoms with Gasteiger partial charge in [-0.25, -0.2) is 4.98 Å². The number of nitrogens with one attached hydrogen (secondary N) is 1. The Labute approximate surface area is 118 Å². The molecule has 0 bridgehead atoms. The van der Waals surface area contributed by atoms with Crippen LogP contribution >= 0.6 is 11.6 Å². The summed E-state index contributed by atoms with van der Waals surface area (Å²) in [7, 11) is 0. The van der Waals surface area contributed by atoms with E-state index in [-0.39, 0.29) is 0 Å². The summed E-state index contributed by atoms with van der Waals surface area (Å²) in [6, 6.07) is 11.5. The van der Waals surface area contributed by atoms with Gasteiger partial charge in [-0.15, -0.1) is 0 Å². The molecule has 2 aromatic rings. The SMILES string of the molecule is Cc1ccccc1C(O)CNCc1ccc(Cl)nc1. The van der Waals surface area contributed by atoms with Gasteiger partial charge >= 0.3 is 0 Å². The van der Waals surface area contributed by atoms with E-state index in [1.165, 1.54) is 0 Å². The van der Waals surface area contributed by atoms with E-state index in [9.17, 15) is 5.11 Å². The van der Waals surface area contributed by atoms with Crippen LogP contribution in [0.2, 0.25) is 5.15 Å². The third kappa shape index (κ3) is 4.03. The molecule has 2 N–H and O–H groups in total. The van der Waals surface area contributed by atoms with E-state index in [1.54, 1.807) is 12.3 Å². The van der Waals surface area contributed by atoms with Crippen molar-refractivity contribution in [1.82, 2.24) is 10.3 Å². The van der Waals surface area contributed by atoms with E-state index in [1.807, 2.05) is 37.3 Å². The van der Waals surface area contributed by atoms with Crippen molar-refractivity contribution in [2.45, 2.75) is 19.6 Å². The van der Waals surface area contributed by atoms with Crippen LogP contribution in [0.25, 0.3) is 0 Å². The Morgan fingerprint density at radius 1 is 1.26 bits per heavy atom. The highest BCUT2D eigenvalue weighted by molar-refractivity contribution is 6.29. The summed E-state index contributed by atoms with van der Waals surface area (Å²) in [6.07, 6.45) is 1.23. The molecule has 0 amide bonds. The van der Waals surface area contributed by atoms with Crippen molar-refractivity contribution in [3.63, 3.8) is 0 Å². The fourth-order valence-electron chi connectivity index (χ4n) is 1.93. The first-order chi connectivity index (χ1) is 9.16. The van der Waals surface area contributed by atoms with Gasteiger partial charge in [-0.1, -0.05) is 41.9 Å². The maximum Gasteiger partial charge on any atom is 0.129 e. The van der Waals surface area contributed by atoms with E-state index in [4.69, 9.17) is 11.6 Å². The molecule has 0 saturated carbocycles. The normalized spacial score (nSPS) is 12.4. The lowest BCUT2D eigenvalue weighted by atomic mass is 10.0. The Bertz CT molecular complexity index is 528. The van der Waals surface area contributed by atoms with Gasteiger partial charge in [-0.3, -0.25) is 0 Å². The first-order valence-corrected chi connectivity index (χ1v) is 6.59. The van der Waals surface area contributed by atoms with E-state index >= 15 is 0 Å². The minimum Gasteiger partial charge on any atom is -0.387 e. The highest BCUT2D eigenvalue weighted by Crippen LogP contribution is 2.16. The molecule has 3 nitrogen and oxygen atoms in total. The number of halogens is 1. The molecule has 1 heterocycles. The summed E-state index contributed by atoms with van der Waals surface area (Å²) in [6.45, 7) is 3.17. The van der Waals surface area contributed by atoms with E-state index in [2.05, 4.69) is 10.3 Å². The van der Waals surface area contributed by atoms with Crippen LogP contribution in [0, 0.1) is 6.92 Å². The van der Waals surface area contributed by atoms with Crippen molar-refractivity contribution in [1.29, 1.82) is 0 Å². The minimum absolute atomic E-state index is 0.490. The summed E-state index contributed by atoms with van der Waals surface area (Å²) in [5.74, 6) is 0. The molecule has 2 rings (SSSR count). The van der Waals surface area contributed by atoms with Crippen LogP contribution in [0.3, 0.4) is 0 Å². The zero-order chi connectivity index (χ0) is 13.7. The van der Waals surface area contributed by atoms with Crippen molar-refractivity contribution in [3.05, 3.63) is 64.4 Å². The van der Waals surface area contributed by atoms with Gasteiger partial charge in [-0.2, -0.15) is 0 Å². The van der Waals surface area contributed by atoms with Crippen LogP contribution in [-0.4, -0.2) is 16.6 Å². The Hall–Kier alpha value is -1.42. The second-order valence-electron chi connectivity index (χ2n) is 4.49. The molecule has 0 aliphatic carbocycles. The predicted octanol–water partition coefficient (Wildman–Crippen LogP) is 2.87. The predicted molar refractivity (Wildman–Crippen MR) is 77.1 cm³/mol. The van der Waals surface area contributed by atoms with Crippen LogP contribution in [0.15, 0.2) is 42.6 Å². The quantitative estimate of drug-likeness (QED) is 0.826. The Kier molecular flexibility index (Phi) is 4.91. The molecule has 1 atom stereocenters. The number of aliphatic hydroxyl groups excluding tert-OH is 1. The molecule has 1 aromatic carbocycles. The summed E-state index contributed by atoms with van der Waals surface area (Å²) in [4.78, 5) is 4.01. The lowest BCUT2D eigenvalue weighted by molar-refractivity contribution is 0.173. The number of hydrogen-bond acceptors (Lipinski definition) is 3. The van der Waals surface area contributed by atoms with Gasteiger partial charge in [0.05, 0.1) is 6.10 Å². The first-order valence-electron chi connectivity index (χ1n) is 6.21. The molecule has 4 heteroatoms. The third-order valence-electron chi connectivity index (χ3n) is 3.00. The Morgan fingerprint density at radius 3 is 2.74 bits per heavy atom. The molecule has 0 aliphatic heterocycles. The maximum atomic E-state index is 10.1. The highest BCUT2D eigenvalue weighted by Gasteiger charge is 2.08. The largest absolute Gasteiger partial charge is 0.387 e. The number of hydrogen-bond donors (Lipinski definition) is 2. The highest BCUT2D eigenvalue weighted by atomic mass is 35.5. The fraction of sp³-hybridized carbons (Fsp3) is 0.267. The molecule has 19 heavy (non-hydrogen) atoms. The molecular weight excluding hydrogens is 260 g/mol. The number of rotatable bonds is 5. The Morgan fingerprint density at radius 2 is 2.05 bits per heavy atom. The Balaban J connectivity index is 1.86. The molecule has 1 unspecified atom stereocenters. The van der Waals surface area contributed by atoms with Gasteiger partial charge in [0.15, 0.2) is 0 Å². The van der Waals surface area contributed by atoms with Crippen molar-refractivity contribution in [2.75, 3.05) is 6.54 Å². The summed E-state index contributed by atoms with van der Waals surface area (Å²) < 4.78 is 0. The lowest BCUT2D eigenvalue weighted by Gasteiger charge is -2.14. The zero-order valence-corrected chi connectivity index (χ0v) is 11.6. The zero-order valence-electron chi connectivity index (χ0n) is 10.8. The number of benzene rings is 1. The maximum absolute atomic E-state index is 10.1. The topological polar surface area (TPSA) is 45.1 Å². The molecule has 0 aliphatic rings. The smallest absolute Gasteiger partial charge is 0.129 e. The number of pyridine rings is 1. The lowest BCUT2D eigenvalue weighted by Crippen LogP contribution is -2.21. The van der Waals surface area contributed by atoms with Crippen LogP contribution < -0.4 is 5.32 Å². The standard InChI is InChI=1S/C15H17ClN2O/c1-11-4-2-3-5-13(11)14(19)10-17-8-12-6-7-15(16)18-9-12/h2-7,9,14,17,19H,8,10H2,1H3. The molecule has 100 valence electrons. The molecular formula is C15H17ClN2O. The van der Waals surface area contributed by atoms with E-state index in [0.29, 0.717) is 18.2 Å². The number of aryl methyl sites for hydroxylation is 1. The number of nitrogens with zero attached hydrogens (tertiary/aromatic N) is 1. The third-order valence-corrected chi connectivity index (χ3v) is 3.23. The van der Waals surface area contributed by atoms with Crippen molar-refractivity contribution in [3.8, 4) is 0 Å². The van der Waals surface area contributed by atoms with E-state index < -0.39 is 6.10 Å². The van der Waals surface area contributed by atoms with Crippen LogP contribution in [-0.2, 0) is 6.54 Å². The number of aliphatic hydroxyl groups is 1. The van der Waals surface area contributed by atoms with Gasteiger partial charge in [0.25, 0.3) is 0 Å². The molecule has 1 aromatic heterocycles. The average Bonchev–Trinajstić information content (AvgIpc) is 2.41. The van der Waals surface area contributed by atoms with Gasteiger partial charge in [0.2, 0.25) is 0 Å². The second-order valence-corrected chi connectivity index (χ2v) is 4.88. The molecule has 0 fully saturated rings. The molecule has 0 radical (unpaired) electrons. The second kappa shape index (κ2) is 6.66. The monoisotopic (exact) mass is 276 g/mol. The molecule has 0 saturated heterocycles. The van der Waals surface area contributed by atoms with E-state index in [0.717, 1.165) is 16.7 Å². The van der Waals surface area contributed by atoms with Crippen LogP contribution in [0.4, 0.5) is 0 Å². The van der Waals surface area contributed by atoms with Gasteiger partial charge < -0.3 is 10.4 Å². The molecule has 0 spiro atoms. The minimum atomic E-state index is -0.499. The van der Waals surface area contributed by atoms with Gasteiger partial charge in [-0.05, 0) is 29.7 Å². The summed E-state index contributed by atoms with van der Waals surface area (Å²) in [5.41, 5.74) is 3.11. The first kappa shape index (κ1) is 14.0. The number of aromatic nitrogens is 1. The van der Waals surface area contributed by atoms with Crippen LogP contribution in [0.5, 0.6) is 0 Å². The van der Waals surface area contributed by atoms with Gasteiger partial charge in [0, 0.05) is 19.3 Å². The summed E-state index contributed by atoms with van der Waals surface area (Å²) in [5, 5.41) is 13.8. The van der Waals surface area contributed by atoms with Crippen molar-refractivity contribution >= 4 is 11.6 Å². The van der Waals surface area contributed by atoms with Crippen molar-refractivity contribution in [2.24, 2.45) is 0 Å². The van der Waals surface area contributed by atoms with Gasteiger partial charge in [0.1, 0.15) is 5.15 Å². The average molecular weight is 277 g/mol.